The van der Waals surface area contributed by atoms with E-state index in [4.69, 9.17) is 10.5 Å². The molecule has 1 aromatic heterocycles. The average Bonchev–Trinajstić information content (AvgIpc) is 3.04. The Kier molecular flexibility index (Phi) is 4.86. The molecule has 0 atom stereocenters. The molecule has 0 saturated carbocycles. The van der Waals surface area contributed by atoms with Gasteiger partial charge in [0.2, 0.25) is 0 Å². The van der Waals surface area contributed by atoms with Gasteiger partial charge >= 0.3 is 6.09 Å². The lowest BCUT2D eigenvalue weighted by Gasteiger charge is -2.08. The summed E-state index contributed by atoms with van der Waals surface area (Å²) in [6.07, 6.45) is 1.64. The lowest BCUT2D eigenvalue weighted by molar-refractivity contribution is 0.158. The lowest BCUT2D eigenvalue weighted by Crippen LogP contribution is -2.14. The molecule has 2 N–H and O–H groups in total. The minimum atomic E-state index is -0.748. The number of rotatable bonds is 6. The number of aromatic nitrogens is 3. The topological polar surface area (TPSA) is 83.0 Å². The van der Waals surface area contributed by atoms with Gasteiger partial charge in [-0.15, -0.1) is 5.10 Å². The van der Waals surface area contributed by atoms with Crippen LogP contribution in [0.25, 0.3) is 11.3 Å². The minimum Gasteiger partial charge on any atom is -0.449 e. The molecule has 0 aliphatic rings. The van der Waals surface area contributed by atoms with E-state index in [1.807, 2.05) is 47.1 Å². The first kappa shape index (κ1) is 15.7. The number of nitrogens with two attached hydrogens (primary N) is 1. The summed E-state index contributed by atoms with van der Waals surface area (Å²) in [6.45, 7) is 0.951. The molecule has 1 heterocycles. The number of primary amides is 1. The minimum absolute atomic E-state index is 0.280. The van der Waals surface area contributed by atoms with Crippen LogP contribution >= 0.6 is 0 Å². The van der Waals surface area contributed by atoms with Crippen molar-refractivity contribution in [1.82, 2.24) is 15.0 Å². The maximum absolute atomic E-state index is 10.6. The summed E-state index contributed by atoms with van der Waals surface area (Å²) in [6, 6.07) is 18.2. The summed E-state index contributed by atoms with van der Waals surface area (Å²) in [5.74, 6) is 0. The van der Waals surface area contributed by atoms with Crippen LogP contribution in [-0.2, 0) is 17.7 Å². The number of carbonyl (C=O) groups is 1. The highest BCUT2D eigenvalue weighted by Gasteiger charge is 2.07. The lowest BCUT2D eigenvalue weighted by atomic mass is 10.1. The first-order valence-corrected chi connectivity index (χ1v) is 7.66. The van der Waals surface area contributed by atoms with Crippen molar-refractivity contribution < 1.29 is 9.53 Å². The van der Waals surface area contributed by atoms with Crippen LogP contribution in [-0.4, -0.2) is 27.7 Å². The Labute approximate surface area is 139 Å². The molecule has 2 aromatic carbocycles. The van der Waals surface area contributed by atoms with Crippen molar-refractivity contribution in [2.24, 2.45) is 5.73 Å². The van der Waals surface area contributed by atoms with Gasteiger partial charge in [0.05, 0.1) is 25.0 Å². The zero-order valence-electron chi connectivity index (χ0n) is 13.1. The number of carbonyl (C=O) groups excluding carboxylic acids is 1. The largest absolute Gasteiger partial charge is 0.449 e. The van der Waals surface area contributed by atoms with Gasteiger partial charge in [-0.25, -0.2) is 9.48 Å². The summed E-state index contributed by atoms with van der Waals surface area (Å²) in [4.78, 5) is 10.6. The Morgan fingerprint density at radius 2 is 1.79 bits per heavy atom. The van der Waals surface area contributed by atoms with Gasteiger partial charge in [0.1, 0.15) is 0 Å². The highest BCUT2D eigenvalue weighted by Crippen LogP contribution is 2.20. The Morgan fingerprint density at radius 3 is 2.50 bits per heavy atom. The van der Waals surface area contributed by atoms with E-state index in [0.717, 1.165) is 16.8 Å². The number of ether oxygens (including phenoxy) is 1. The average molecular weight is 322 g/mol. The normalized spacial score (nSPS) is 10.5. The molecule has 0 radical (unpaired) electrons. The number of nitrogens with zero attached hydrogens (tertiary/aromatic N) is 3. The van der Waals surface area contributed by atoms with Gasteiger partial charge in [-0.1, -0.05) is 59.8 Å². The van der Waals surface area contributed by atoms with Crippen LogP contribution < -0.4 is 5.73 Å². The van der Waals surface area contributed by atoms with E-state index in [1.54, 1.807) is 6.20 Å². The molecule has 0 bridgehead atoms. The fourth-order valence-corrected chi connectivity index (χ4v) is 2.47. The third-order valence-electron chi connectivity index (χ3n) is 3.68. The molecule has 3 aromatic rings. The summed E-state index contributed by atoms with van der Waals surface area (Å²) < 4.78 is 6.62. The van der Waals surface area contributed by atoms with Gasteiger partial charge in [-0.3, -0.25) is 0 Å². The molecule has 0 aliphatic carbocycles. The number of benzene rings is 2. The zero-order valence-corrected chi connectivity index (χ0v) is 13.1. The molecule has 3 rings (SSSR count). The van der Waals surface area contributed by atoms with Gasteiger partial charge < -0.3 is 10.5 Å². The standard InChI is InChI=1S/C18H18N4O2/c19-18(23)24-11-10-14-6-8-16(9-7-14)17-12-20-21-22(17)13-15-4-2-1-3-5-15/h1-9,12H,10-11,13H2,(H2,19,23). The quantitative estimate of drug-likeness (QED) is 0.756. The van der Waals surface area contributed by atoms with E-state index < -0.39 is 6.09 Å². The number of hydrogen-bond acceptors (Lipinski definition) is 4. The number of hydrogen-bond donors (Lipinski definition) is 1. The van der Waals surface area contributed by atoms with Crippen molar-refractivity contribution in [1.29, 1.82) is 0 Å². The van der Waals surface area contributed by atoms with Crippen LogP contribution in [0.5, 0.6) is 0 Å². The zero-order chi connectivity index (χ0) is 16.8. The summed E-state index contributed by atoms with van der Waals surface area (Å²) in [5.41, 5.74) is 9.18. The second kappa shape index (κ2) is 7.41. The first-order chi connectivity index (χ1) is 11.7. The smallest absolute Gasteiger partial charge is 0.404 e. The van der Waals surface area contributed by atoms with Crippen LogP contribution in [0.15, 0.2) is 60.8 Å². The monoisotopic (exact) mass is 322 g/mol. The molecule has 0 spiro atoms. The fraction of sp³-hybridized carbons (Fsp3) is 0.167. The van der Waals surface area contributed by atoms with Crippen LogP contribution in [0, 0.1) is 0 Å². The molecule has 0 fully saturated rings. The molecule has 6 nitrogen and oxygen atoms in total. The SMILES string of the molecule is NC(=O)OCCc1ccc(-c2cnnn2Cc2ccccc2)cc1. The molecular formula is C18H18N4O2. The third kappa shape index (κ3) is 3.98. The van der Waals surface area contributed by atoms with E-state index >= 15 is 0 Å². The number of amides is 1. The maximum atomic E-state index is 10.6. The van der Waals surface area contributed by atoms with E-state index in [0.29, 0.717) is 13.0 Å². The molecule has 6 heteroatoms. The Balaban J connectivity index is 1.71. The Bertz CT molecular complexity index is 797. The molecule has 0 unspecified atom stereocenters. The van der Waals surface area contributed by atoms with E-state index in [2.05, 4.69) is 22.4 Å². The second-order valence-corrected chi connectivity index (χ2v) is 5.38. The van der Waals surface area contributed by atoms with Gasteiger partial charge in [0, 0.05) is 12.0 Å². The summed E-state index contributed by atoms with van der Waals surface area (Å²) in [5, 5.41) is 8.20. The van der Waals surface area contributed by atoms with Crippen molar-refractivity contribution in [3.63, 3.8) is 0 Å². The highest BCUT2D eigenvalue weighted by atomic mass is 16.5. The summed E-state index contributed by atoms with van der Waals surface area (Å²) in [7, 11) is 0. The van der Waals surface area contributed by atoms with Crippen LogP contribution in [0.2, 0.25) is 0 Å². The van der Waals surface area contributed by atoms with Crippen LogP contribution in [0.4, 0.5) is 4.79 Å². The van der Waals surface area contributed by atoms with Crippen molar-refractivity contribution in [3.05, 3.63) is 71.9 Å². The Hall–Kier alpha value is -3.15. The molecule has 0 aliphatic heterocycles. The molecule has 24 heavy (non-hydrogen) atoms. The molecule has 122 valence electrons. The van der Waals surface area contributed by atoms with E-state index in [1.165, 1.54) is 5.56 Å². The van der Waals surface area contributed by atoms with Crippen molar-refractivity contribution in [2.45, 2.75) is 13.0 Å². The van der Waals surface area contributed by atoms with Crippen LogP contribution in [0.3, 0.4) is 0 Å². The van der Waals surface area contributed by atoms with Crippen molar-refractivity contribution in [3.8, 4) is 11.3 Å². The third-order valence-corrected chi connectivity index (χ3v) is 3.68. The maximum Gasteiger partial charge on any atom is 0.404 e. The van der Waals surface area contributed by atoms with E-state index in [-0.39, 0.29) is 6.61 Å². The van der Waals surface area contributed by atoms with Gasteiger partial charge in [0.25, 0.3) is 0 Å². The van der Waals surface area contributed by atoms with Gasteiger partial charge in [-0.2, -0.15) is 0 Å². The van der Waals surface area contributed by atoms with Crippen LogP contribution in [0.1, 0.15) is 11.1 Å². The molecular weight excluding hydrogens is 304 g/mol. The fourth-order valence-electron chi connectivity index (χ4n) is 2.47. The Morgan fingerprint density at radius 1 is 1.04 bits per heavy atom. The van der Waals surface area contributed by atoms with Crippen molar-refractivity contribution >= 4 is 6.09 Å². The van der Waals surface area contributed by atoms with E-state index in [9.17, 15) is 4.79 Å². The van der Waals surface area contributed by atoms with Gasteiger partial charge in [-0.05, 0) is 11.1 Å². The van der Waals surface area contributed by atoms with Crippen molar-refractivity contribution in [2.75, 3.05) is 6.61 Å². The molecule has 1 amide bonds. The second-order valence-electron chi connectivity index (χ2n) is 5.38. The highest BCUT2D eigenvalue weighted by molar-refractivity contribution is 5.64. The summed E-state index contributed by atoms with van der Waals surface area (Å²) >= 11 is 0. The molecule has 0 saturated heterocycles. The predicted molar refractivity (Wildman–Crippen MR) is 90.2 cm³/mol. The first-order valence-electron chi connectivity index (χ1n) is 7.66. The predicted octanol–water partition coefficient (Wildman–Crippen LogP) is 2.63. The van der Waals surface area contributed by atoms with Gasteiger partial charge in [0.15, 0.2) is 0 Å².